The van der Waals surface area contributed by atoms with Crippen LogP contribution in [0.25, 0.3) is 16.7 Å². The lowest BCUT2D eigenvalue weighted by Gasteiger charge is -2.13. The van der Waals surface area contributed by atoms with Crippen LogP contribution < -0.4 is 20.3 Å². The summed E-state index contributed by atoms with van der Waals surface area (Å²) in [6, 6.07) is 10.5. The Morgan fingerprint density at radius 2 is 1.91 bits per heavy atom. The molecule has 172 valence electrons. The highest BCUT2D eigenvalue weighted by Crippen LogP contribution is 2.36. The van der Waals surface area contributed by atoms with Crippen LogP contribution in [-0.4, -0.2) is 45.0 Å². The van der Waals surface area contributed by atoms with Gasteiger partial charge in [-0.3, -0.25) is 18.6 Å². The number of hydrogen-bond acceptors (Lipinski definition) is 7. The minimum atomic E-state index is -0.273. The molecule has 1 amide bonds. The van der Waals surface area contributed by atoms with Gasteiger partial charge in [0.2, 0.25) is 11.7 Å². The molecule has 4 aromatic rings. The quantitative estimate of drug-likeness (QED) is 0.377. The predicted octanol–water partition coefficient (Wildman–Crippen LogP) is 3.86. The molecule has 0 unspecified atom stereocenters. The average molecular weight is 488 g/mol. The van der Waals surface area contributed by atoms with Crippen LogP contribution >= 0.6 is 23.4 Å². The molecule has 4 rings (SSSR count). The highest BCUT2D eigenvalue weighted by Gasteiger charge is 2.18. The third-order valence-electron chi connectivity index (χ3n) is 5.01. The van der Waals surface area contributed by atoms with E-state index in [0.717, 1.165) is 6.42 Å². The summed E-state index contributed by atoms with van der Waals surface area (Å²) in [7, 11) is 2.99. The predicted molar refractivity (Wildman–Crippen MR) is 129 cm³/mol. The van der Waals surface area contributed by atoms with Crippen LogP contribution in [0.4, 0.5) is 5.69 Å². The molecule has 9 nitrogen and oxygen atoms in total. The number of aryl methyl sites for hydroxylation is 1. The van der Waals surface area contributed by atoms with Gasteiger partial charge in [-0.2, -0.15) is 0 Å². The van der Waals surface area contributed by atoms with Crippen LogP contribution in [0, 0.1) is 0 Å². The minimum Gasteiger partial charge on any atom is -0.495 e. The molecule has 0 atom stereocenters. The third-order valence-corrected chi connectivity index (χ3v) is 6.23. The SMILES string of the molecule is CCCn1c(=O)c2ccccc2n2c(SCC(=O)Nc3cc(OC)c(Cl)cc3OC)nnc12. The zero-order chi connectivity index (χ0) is 23.5. The van der Waals surface area contributed by atoms with E-state index in [9.17, 15) is 9.59 Å². The summed E-state index contributed by atoms with van der Waals surface area (Å²) in [5.41, 5.74) is 1.03. The number of carbonyl (C=O) groups is 1. The molecule has 0 radical (unpaired) electrons. The zero-order valence-corrected chi connectivity index (χ0v) is 19.9. The van der Waals surface area contributed by atoms with E-state index >= 15 is 0 Å². The summed E-state index contributed by atoms with van der Waals surface area (Å²) in [4.78, 5) is 25.6. The number of fused-ring (bicyclic) bond motifs is 3. The second kappa shape index (κ2) is 9.72. The van der Waals surface area contributed by atoms with Crippen molar-refractivity contribution in [3.63, 3.8) is 0 Å². The first kappa shape index (κ1) is 22.9. The summed E-state index contributed by atoms with van der Waals surface area (Å²) in [6.07, 6.45) is 0.776. The molecule has 2 aromatic heterocycles. The summed E-state index contributed by atoms with van der Waals surface area (Å²) < 4.78 is 14.0. The van der Waals surface area contributed by atoms with Crippen molar-refractivity contribution in [2.45, 2.75) is 25.0 Å². The lowest BCUT2D eigenvalue weighted by Crippen LogP contribution is -2.23. The molecule has 2 aromatic carbocycles. The van der Waals surface area contributed by atoms with Crippen molar-refractivity contribution in [1.82, 2.24) is 19.2 Å². The van der Waals surface area contributed by atoms with Gasteiger partial charge in [-0.25, -0.2) is 0 Å². The van der Waals surface area contributed by atoms with Crippen molar-refractivity contribution in [2.75, 3.05) is 25.3 Å². The first-order chi connectivity index (χ1) is 16.0. The Hall–Kier alpha value is -3.24. The van der Waals surface area contributed by atoms with Gasteiger partial charge in [0.1, 0.15) is 11.5 Å². The maximum Gasteiger partial charge on any atom is 0.262 e. The largest absolute Gasteiger partial charge is 0.495 e. The number of halogens is 1. The zero-order valence-electron chi connectivity index (χ0n) is 18.3. The number of carbonyl (C=O) groups excluding carboxylic acids is 1. The normalized spacial score (nSPS) is 11.2. The number of benzene rings is 2. The number of methoxy groups -OCH3 is 2. The van der Waals surface area contributed by atoms with Gasteiger partial charge >= 0.3 is 0 Å². The van der Waals surface area contributed by atoms with Crippen molar-refractivity contribution in [1.29, 1.82) is 0 Å². The Kier molecular flexibility index (Phi) is 6.75. The number of ether oxygens (including phenoxy) is 2. The molecule has 0 aliphatic carbocycles. The Morgan fingerprint density at radius 3 is 2.64 bits per heavy atom. The van der Waals surface area contributed by atoms with E-state index in [0.29, 0.717) is 50.6 Å². The molecule has 11 heteroatoms. The fourth-order valence-corrected chi connectivity index (χ4v) is 4.50. The van der Waals surface area contributed by atoms with Crippen LogP contribution in [0.1, 0.15) is 13.3 Å². The van der Waals surface area contributed by atoms with Gasteiger partial charge in [-0.05, 0) is 18.6 Å². The van der Waals surface area contributed by atoms with E-state index in [1.807, 2.05) is 29.5 Å². The number of amides is 1. The molecule has 1 N–H and O–H groups in total. The molecule has 0 aliphatic rings. The van der Waals surface area contributed by atoms with Crippen molar-refractivity contribution in [3.05, 3.63) is 51.8 Å². The molecule has 0 bridgehead atoms. The lowest BCUT2D eigenvalue weighted by molar-refractivity contribution is -0.113. The number of rotatable bonds is 8. The average Bonchev–Trinajstić information content (AvgIpc) is 3.25. The van der Waals surface area contributed by atoms with E-state index in [4.69, 9.17) is 21.1 Å². The molecular weight excluding hydrogens is 466 g/mol. The van der Waals surface area contributed by atoms with E-state index < -0.39 is 0 Å². The van der Waals surface area contributed by atoms with Gasteiger partial charge in [0, 0.05) is 18.7 Å². The van der Waals surface area contributed by atoms with Crippen LogP contribution in [0.2, 0.25) is 5.02 Å². The Labute approximate surface area is 198 Å². The van der Waals surface area contributed by atoms with Crippen LogP contribution in [0.15, 0.2) is 46.3 Å². The second-order valence-corrected chi connectivity index (χ2v) is 8.47. The van der Waals surface area contributed by atoms with Crippen molar-refractivity contribution < 1.29 is 14.3 Å². The van der Waals surface area contributed by atoms with Gasteiger partial charge in [-0.1, -0.05) is 42.4 Å². The highest BCUT2D eigenvalue weighted by atomic mass is 35.5. The molecule has 0 fully saturated rings. The molecule has 0 saturated carbocycles. The standard InChI is InChI=1S/C22H22ClN5O4S/c1-4-9-27-20(30)13-7-5-6-8-16(13)28-21(27)25-26-22(28)33-12-19(29)24-15-11-17(31-2)14(23)10-18(15)32-3/h5-8,10-11H,4,9,12H2,1-3H3,(H,24,29). The number of aromatic nitrogens is 4. The molecular formula is C22H22ClN5O4S. The molecule has 33 heavy (non-hydrogen) atoms. The summed E-state index contributed by atoms with van der Waals surface area (Å²) in [6.45, 7) is 2.52. The van der Waals surface area contributed by atoms with E-state index in [2.05, 4.69) is 15.5 Å². The summed E-state index contributed by atoms with van der Waals surface area (Å²) in [5.74, 6) is 1.08. The molecule has 2 heterocycles. The Bertz CT molecular complexity index is 1400. The monoisotopic (exact) mass is 487 g/mol. The van der Waals surface area contributed by atoms with E-state index in [1.165, 1.54) is 26.0 Å². The number of hydrogen-bond donors (Lipinski definition) is 1. The van der Waals surface area contributed by atoms with Crippen LogP contribution in [0.5, 0.6) is 11.5 Å². The number of anilines is 1. The van der Waals surface area contributed by atoms with Crippen molar-refractivity contribution in [3.8, 4) is 11.5 Å². The summed E-state index contributed by atoms with van der Waals surface area (Å²) >= 11 is 7.35. The van der Waals surface area contributed by atoms with Gasteiger partial charge in [0.05, 0.1) is 41.6 Å². The second-order valence-electron chi connectivity index (χ2n) is 7.12. The maximum atomic E-state index is 12.9. The summed E-state index contributed by atoms with van der Waals surface area (Å²) in [5, 5.41) is 12.8. The smallest absolute Gasteiger partial charge is 0.262 e. The van der Waals surface area contributed by atoms with Gasteiger partial charge in [-0.15, -0.1) is 10.2 Å². The first-order valence-corrected chi connectivity index (χ1v) is 11.6. The van der Waals surface area contributed by atoms with Gasteiger partial charge in [0.15, 0.2) is 5.16 Å². The van der Waals surface area contributed by atoms with Crippen molar-refractivity contribution in [2.24, 2.45) is 0 Å². The van der Waals surface area contributed by atoms with Crippen LogP contribution in [0.3, 0.4) is 0 Å². The fourth-order valence-electron chi connectivity index (χ4n) is 3.53. The van der Waals surface area contributed by atoms with E-state index in [1.54, 1.807) is 22.8 Å². The topological polar surface area (TPSA) is 99.8 Å². The molecule has 0 spiro atoms. The highest BCUT2D eigenvalue weighted by molar-refractivity contribution is 7.99. The maximum absolute atomic E-state index is 12.9. The number of nitrogens with zero attached hydrogens (tertiary/aromatic N) is 4. The number of thioether (sulfide) groups is 1. The van der Waals surface area contributed by atoms with E-state index in [-0.39, 0.29) is 17.2 Å². The third kappa shape index (κ3) is 4.36. The van der Waals surface area contributed by atoms with Gasteiger partial charge in [0.25, 0.3) is 5.56 Å². The minimum absolute atomic E-state index is 0.0656. The van der Waals surface area contributed by atoms with Gasteiger partial charge < -0.3 is 14.8 Å². The number of nitrogens with one attached hydrogen (secondary N) is 1. The number of para-hydroxylation sites is 1. The fraction of sp³-hybridized carbons (Fsp3) is 0.273. The molecule has 0 aliphatic heterocycles. The molecule has 0 saturated heterocycles. The lowest BCUT2D eigenvalue weighted by atomic mass is 10.2. The Balaban J connectivity index is 1.63. The van der Waals surface area contributed by atoms with Crippen LogP contribution in [-0.2, 0) is 11.3 Å². The van der Waals surface area contributed by atoms with Crippen molar-refractivity contribution >= 4 is 51.6 Å². The Morgan fingerprint density at radius 1 is 1.15 bits per heavy atom. The first-order valence-electron chi connectivity index (χ1n) is 10.2.